The number of hydrogen-bond acceptors (Lipinski definition) is 2. The second-order valence-electron chi connectivity index (χ2n) is 6.09. The van der Waals surface area contributed by atoms with Gasteiger partial charge in [-0.05, 0) is 49.9 Å². The highest BCUT2D eigenvalue weighted by Crippen LogP contribution is 2.46. The van der Waals surface area contributed by atoms with Gasteiger partial charge in [0.05, 0.1) is 12.2 Å². The van der Waals surface area contributed by atoms with E-state index in [4.69, 9.17) is 0 Å². The number of aliphatic hydroxyl groups is 2. The number of aliphatic hydroxyl groups excluding tert-OH is 2. The molecular weight excluding hydrogens is 188 g/mol. The first-order valence-electron chi connectivity index (χ1n) is 6.19. The van der Waals surface area contributed by atoms with Crippen molar-refractivity contribution in [3.8, 4) is 0 Å². The molecule has 2 N–H and O–H groups in total. The van der Waals surface area contributed by atoms with Crippen LogP contribution in [0.3, 0.4) is 0 Å². The first kappa shape index (κ1) is 13.0. The van der Waals surface area contributed by atoms with Gasteiger partial charge in [0.15, 0.2) is 0 Å². The first-order valence-corrected chi connectivity index (χ1v) is 6.19. The predicted octanol–water partition coefficient (Wildman–Crippen LogP) is 2.58. The Hall–Kier alpha value is -0.0800. The summed E-state index contributed by atoms with van der Waals surface area (Å²) in [7, 11) is 0. The molecule has 90 valence electrons. The summed E-state index contributed by atoms with van der Waals surface area (Å²) in [5.74, 6) is 1.21. The average Bonchev–Trinajstić information content (AvgIpc) is 1.98. The van der Waals surface area contributed by atoms with Crippen LogP contribution >= 0.6 is 0 Å². The van der Waals surface area contributed by atoms with Crippen molar-refractivity contribution in [1.29, 1.82) is 0 Å². The molecule has 1 aliphatic rings. The van der Waals surface area contributed by atoms with Crippen LogP contribution in [-0.4, -0.2) is 22.4 Å². The second-order valence-corrected chi connectivity index (χ2v) is 6.09. The Bertz CT molecular complexity index is 199. The van der Waals surface area contributed by atoms with E-state index in [0.29, 0.717) is 11.8 Å². The fourth-order valence-electron chi connectivity index (χ4n) is 3.30. The minimum Gasteiger partial charge on any atom is -0.393 e. The Kier molecular flexibility index (Phi) is 4.19. The average molecular weight is 214 g/mol. The molecule has 2 nitrogen and oxygen atoms in total. The van der Waals surface area contributed by atoms with E-state index in [1.165, 1.54) is 0 Å². The maximum atomic E-state index is 9.76. The normalized spacial score (nSPS) is 37.6. The van der Waals surface area contributed by atoms with Crippen molar-refractivity contribution in [2.75, 3.05) is 0 Å². The van der Waals surface area contributed by atoms with E-state index < -0.39 is 0 Å². The Morgan fingerprint density at radius 2 is 2.00 bits per heavy atom. The van der Waals surface area contributed by atoms with Crippen molar-refractivity contribution >= 4 is 0 Å². The largest absolute Gasteiger partial charge is 0.393 e. The van der Waals surface area contributed by atoms with Crippen LogP contribution < -0.4 is 0 Å². The molecule has 0 heterocycles. The summed E-state index contributed by atoms with van der Waals surface area (Å²) in [5.41, 5.74) is 0.214. The molecule has 1 saturated carbocycles. The Balaban J connectivity index is 2.59. The van der Waals surface area contributed by atoms with Crippen molar-refractivity contribution in [3.63, 3.8) is 0 Å². The molecule has 0 radical (unpaired) electrons. The molecule has 0 bridgehead atoms. The van der Waals surface area contributed by atoms with E-state index in [0.717, 1.165) is 25.7 Å². The van der Waals surface area contributed by atoms with Crippen LogP contribution in [-0.2, 0) is 0 Å². The lowest BCUT2D eigenvalue weighted by Gasteiger charge is -2.45. The van der Waals surface area contributed by atoms with Crippen LogP contribution in [0.4, 0.5) is 0 Å². The molecule has 0 aliphatic heterocycles. The number of rotatable bonds is 3. The van der Waals surface area contributed by atoms with Crippen LogP contribution in [0, 0.1) is 17.3 Å². The molecule has 0 aromatic rings. The maximum absolute atomic E-state index is 9.76. The zero-order chi connectivity index (χ0) is 11.6. The standard InChI is InChI=1S/C13H26O2/c1-9-7-11(15)8-13(3,4)12(9)6-5-10(2)14/h9-12,14-15H,5-8H2,1-4H3/t9-,10-,11+,12+/m1/s1. The molecule has 1 fully saturated rings. The quantitative estimate of drug-likeness (QED) is 0.758. The van der Waals surface area contributed by atoms with Crippen LogP contribution in [0.2, 0.25) is 0 Å². The topological polar surface area (TPSA) is 40.5 Å². The zero-order valence-corrected chi connectivity index (χ0v) is 10.5. The van der Waals surface area contributed by atoms with Crippen LogP contribution in [0.15, 0.2) is 0 Å². The van der Waals surface area contributed by atoms with Crippen molar-refractivity contribution < 1.29 is 10.2 Å². The second kappa shape index (κ2) is 4.84. The molecule has 0 aromatic heterocycles. The lowest BCUT2D eigenvalue weighted by Crippen LogP contribution is -2.40. The van der Waals surface area contributed by atoms with E-state index in [-0.39, 0.29) is 17.6 Å². The summed E-state index contributed by atoms with van der Waals surface area (Å²) in [5, 5.41) is 19.1. The highest BCUT2D eigenvalue weighted by atomic mass is 16.3. The van der Waals surface area contributed by atoms with Crippen LogP contribution in [0.5, 0.6) is 0 Å². The third-order valence-corrected chi connectivity index (χ3v) is 3.99. The smallest absolute Gasteiger partial charge is 0.0548 e. The molecule has 0 aromatic carbocycles. The fraction of sp³-hybridized carbons (Fsp3) is 1.00. The van der Waals surface area contributed by atoms with Crippen molar-refractivity contribution in [2.24, 2.45) is 17.3 Å². The van der Waals surface area contributed by atoms with E-state index in [1.54, 1.807) is 0 Å². The van der Waals surface area contributed by atoms with Gasteiger partial charge in [0.25, 0.3) is 0 Å². The number of hydrogen-bond donors (Lipinski definition) is 2. The van der Waals surface area contributed by atoms with Gasteiger partial charge in [0.1, 0.15) is 0 Å². The van der Waals surface area contributed by atoms with Gasteiger partial charge >= 0.3 is 0 Å². The third-order valence-electron chi connectivity index (χ3n) is 3.99. The predicted molar refractivity (Wildman–Crippen MR) is 62.6 cm³/mol. The highest BCUT2D eigenvalue weighted by molar-refractivity contribution is 4.90. The van der Waals surface area contributed by atoms with Gasteiger partial charge in [-0.2, -0.15) is 0 Å². The molecular formula is C13H26O2. The highest BCUT2D eigenvalue weighted by Gasteiger charge is 2.39. The lowest BCUT2D eigenvalue weighted by molar-refractivity contribution is -0.0197. The Morgan fingerprint density at radius 3 is 2.47 bits per heavy atom. The van der Waals surface area contributed by atoms with Gasteiger partial charge < -0.3 is 10.2 Å². The van der Waals surface area contributed by atoms with Crippen molar-refractivity contribution in [1.82, 2.24) is 0 Å². The molecule has 1 aliphatic carbocycles. The molecule has 15 heavy (non-hydrogen) atoms. The van der Waals surface area contributed by atoms with Gasteiger partial charge in [-0.25, -0.2) is 0 Å². The molecule has 0 spiro atoms. The van der Waals surface area contributed by atoms with Gasteiger partial charge in [0.2, 0.25) is 0 Å². The molecule has 4 atom stereocenters. The maximum Gasteiger partial charge on any atom is 0.0548 e. The van der Waals surface area contributed by atoms with Gasteiger partial charge in [-0.15, -0.1) is 0 Å². The van der Waals surface area contributed by atoms with Gasteiger partial charge in [-0.3, -0.25) is 0 Å². The first-order chi connectivity index (χ1) is 6.83. The lowest BCUT2D eigenvalue weighted by atomic mass is 9.61. The summed E-state index contributed by atoms with van der Waals surface area (Å²) in [4.78, 5) is 0. The molecule has 0 unspecified atom stereocenters. The Labute approximate surface area is 93.7 Å². The molecule has 0 saturated heterocycles. The minimum atomic E-state index is -0.195. The molecule has 1 rings (SSSR count). The fourth-order valence-corrected chi connectivity index (χ4v) is 3.30. The summed E-state index contributed by atoms with van der Waals surface area (Å²) < 4.78 is 0. The summed E-state index contributed by atoms with van der Waals surface area (Å²) in [6, 6.07) is 0. The summed E-state index contributed by atoms with van der Waals surface area (Å²) in [6.45, 7) is 8.59. The van der Waals surface area contributed by atoms with Gasteiger partial charge in [-0.1, -0.05) is 20.8 Å². The molecule has 0 amide bonds. The van der Waals surface area contributed by atoms with Crippen molar-refractivity contribution in [2.45, 2.75) is 65.6 Å². The van der Waals surface area contributed by atoms with Crippen LogP contribution in [0.1, 0.15) is 53.4 Å². The SMILES string of the molecule is C[C@@H]1C[C@H](O)CC(C)(C)[C@H]1CC[C@@H](C)O. The molecule has 2 heteroatoms. The van der Waals surface area contributed by atoms with E-state index in [9.17, 15) is 10.2 Å². The monoisotopic (exact) mass is 214 g/mol. The van der Waals surface area contributed by atoms with E-state index in [2.05, 4.69) is 20.8 Å². The summed E-state index contributed by atoms with van der Waals surface area (Å²) in [6.07, 6.45) is 3.47. The third kappa shape index (κ3) is 3.46. The van der Waals surface area contributed by atoms with E-state index in [1.807, 2.05) is 6.92 Å². The van der Waals surface area contributed by atoms with E-state index >= 15 is 0 Å². The van der Waals surface area contributed by atoms with Crippen LogP contribution in [0.25, 0.3) is 0 Å². The van der Waals surface area contributed by atoms with Crippen molar-refractivity contribution in [3.05, 3.63) is 0 Å². The Morgan fingerprint density at radius 1 is 1.40 bits per heavy atom. The zero-order valence-electron chi connectivity index (χ0n) is 10.5. The summed E-state index contributed by atoms with van der Waals surface area (Å²) >= 11 is 0. The minimum absolute atomic E-state index is 0.127. The van der Waals surface area contributed by atoms with Gasteiger partial charge in [0, 0.05) is 0 Å².